The number of urea groups is 1. The molecule has 1 aliphatic heterocycles. The molecule has 1 fully saturated rings. The summed E-state index contributed by atoms with van der Waals surface area (Å²) in [5.74, 6) is 0.857. The molecule has 10 heteroatoms. The van der Waals surface area contributed by atoms with Gasteiger partial charge in [0.1, 0.15) is 11.6 Å². The molecule has 0 saturated carbocycles. The summed E-state index contributed by atoms with van der Waals surface area (Å²) in [6, 6.07) is 6.29. The molecule has 0 radical (unpaired) electrons. The zero-order chi connectivity index (χ0) is 22.8. The van der Waals surface area contributed by atoms with Gasteiger partial charge in [0.15, 0.2) is 6.29 Å². The van der Waals surface area contributed by atoms with Gasteiger partial charge < -0.3 is 15.4 Å². The summed E-state index contributed by atoms with van der Waals surface area (Å²) in [4.78, 5) is 24.9. The van der Waals surface area contributed by atoms with E-state index in [1.165, 1.54) is 7.11 Å². The maximum Gasteiger partial charge on any atom is 0.324 e. The van der Waals surface area contributed by atoms with Crippen molar-refractivity contribution in [3.8, 4) is 5.75 Å². The number of benzene rings is 1. The molecule has 3 amide bonds. The first kappa shape index (κ1) is 22.9. The Labute approximate surface area is 186 Å². The second kappa shape index (κ2) is 9.15. The van der Waals surface area contributed by atoms with Gasteiger partial charge in [0.2, 0.25) is 5.91 Å². The summed E-state index contributed by atoms with van der Waals surface area (Å²) in [5, 5.41) is 17.0. The van der Waals surface area contributed by atoms with Crippen LogP contribution in [-0.2, 0) is 10.2 Å². The molecule has 1 saturated heterocycles. The number of hydrogen-bond donors (Lipinski definition) is 4. The third kappa shape index (κ3) is 5.48. The highest BCUT2D eigenvalue weighted by molar-refractivity contribution is 6.31. The smallest absolute Gasteiger partial charge is 0.324 e. The summed E-state index contributed by atoms with van der Waals surface area (Å²) >= 11 is 6.05. The van der Waals surface area contributed by atoms with Crippen LogP contribution in [0.25, 0.3) is 0 Å². The molecule has 2 aromatic rings. The number of amides is 3. The zero-order valence-corrected chi connectivity index (χ0v) is 19.1. The minimum atomic E-state index is -0.571. The van der Waals surface area contributed by atoms with Crippen molar-refractivity contribution in [1.29, 1.82) is 0 Å². The minimum Gasteiger partial charge on any atom is -0.495 e. The lowest BCUT2D eigenvalue weighted by Gasteiger charge is -2.32. The second-order valence-electron chi connectivity index (χ2n) is 8.48. The number of anilines is 2. The molecule has 31 heavy (non-hydrogen) atoms. The number of nitrogens with one attached hydrogen (secondary N) is 4. The Hall–Kier alpha value is -2.78. The lowest BCUT2D eigenvalue weighted by molar-refractivity contribution is -0.125. The van der Waals surface area contributed by atoms with E-state index < -0.39 is 12.3 Å². The quantitative estimate of drug-likeness (QED) is 0.555. The minimum absolute atomic E-state index is 0.0263. The van der Waals surface area contributed by atoms with Gasteiger partial charge in [0, 0.05) is 29.0 Å². The highest BCUT2D eigenvalue weighted by Gasteiger charge is 2.30. The van der Waals surface area contributed by atoms with Crippen LogP contribution < -0.4 is 26.0 Å². The maximum atomic E-state index is 12.8. The van der Waals surface area contributed by atoms with E-state index in [-0.39, 0.29) is 17.4 Å². The fourth-order valence-corrected chi connectivity index (χ4v) is 3.42. The molecule has 2 unspecified atom stereocenters. The zero-order valence-electron chi connectivity index (χ0n) is 18.4. The van der Waals surface area contributed by atoms with Crippen LogP contribution in [0.15, 0.2) is 24.3 Å². The van der Waals surface area contributed by atoms with E-state index >= 15 is 0 Å². The van der Waals surface area contributed by atoms with Crippen LogP contribution in [-0.4, -0.2) is 34.9 Å². The summed E-state index contributed by atoms with van der Waals surface area (Å²) in [6.07, 6.45) is 0.631. The normalized spacial score (nSPS) is 19.0. The third-order valence-corrected chi connectivity index (χ3v) is 5.25. The highest BCUT2D eigenvalue weighted by Crippen LogP contribution is 2.29. The van der Waals surface area contributed by atoms with Crippen molar-refractivity contribution in [2.45, 2.75) is 58.3 Å². The number of methoxy groups -OCH3 is 1. The largest absolute Gasteiger partial charge is 0.495 e. The van der Waals surface area contributed by atoms with Crippen molar-refractivity contribution in [2.24, 2.45) is 0 Å². The Bertz CT molecular complexity index is 969. The van der Waals surface area contributed by atoms with E-state index in [4.69, 9.17) is 16.3 Å². The van der Waals surface area contributed by atoms with Gasteiger partial charge >= 0.3 is 6.03 Å². The molecule has 1 aromatic carbocycles. The summed E-state index contributed by atoms with van der Waals surface area (Å²) in [6.45, 7) is 8.11. The Morgan fingerprint density at radius 1 is 1.32 bits per heavy atom. The van der Waals surface area contributed by atoms with Gasteiger partial charge in [-0.25, -0.2) is 9.48 Å². The number of ether oxygens (including phenoxy) is 1. The van der Waals surface area contributed by atoms with Crippen LogP contribution in [0.5, 0.6) is 5.75 Å². The standard InChI is InChI=1S/C21H29ClN6O3/c1-6-13-10-18(29)26-19(23-13)28-17(11-16(27-28)21(2,3)4)25-20(30)24-14-9-12(22)7-8-15(14)31-5/h7-9,11,13,19,23H,6,10H2,1-5H3,(H,26,29)(H2,24,25,30). The highest BCUT2D eigenvalue weighted by atomic mass is 35.5. The van der Waals surface area contributed by atoms with Gasteiger partial charge in [-0.15, -0.1) is 0 Å². The van der Waals surface area contributed by atoms with Gasteiger partial charge in [-0.1, -0.05) is 39.3 Å². The number of hydrogen-bond acceptors (Lipinski definition) is 5. The van der Waals surface area contributed by atoms with Crippen LogP contribution >= 0.6 is 11.6 Å². The summed E-state index contributed by atoms with van der Waals surface area (Å²) in [7, 11) is 1.51. The lowest BCUT2D eigenvalue weighted by Crippen LogP contribution is -2.53. The lowest BCUT2D eigenvalue weighted by atomic mass is 9.92. The number of aromatic nitrogens is 2. The van der Waals surface area contributed by atoms with Crippen LogP contribution in [0.2, 0.25) is 5.02 Å². The average molecular weight is 449 g/mol. The predicted octanol–water partition coefficient (Wildman–Crippen LogP) is 3.83. The summed E-state index contributed by atoms with van der Waals surface area (Å²) < 4.78 is 6.87. The van der Waals surface area contributed by atoms with E-state index in [1.807, 2.05) is 27.7 Å². The fourth-order valence-electron chi connectivity index (χ4n) is 3.25. The van der Waals surface area contributed by atoms with E-state index in [1.54, 1.807) is 28.9 Å². The van der Waals surface area contributed by atoms with E-state index in [0.29, 0.717) is 28.7 Å². The molecular weight excluding hydrogens is 420 g/mol. The number of rotatable bonds is 5. The van der Waals surface area contributed by atoms with E-state index in [2.05, 4.69) is 26.4 Å². The fraction of sp³-hybridized carbons (Fsp3) is 0.476. The van der Waals surface area contributed by atoms with Gasteiger partial charge in [0.05, 0.1) is 18.5 Å². The number of carbonyl (C=O) groups is 2. The Morgan fingerprint density at radius 2 is 2.06 bits per heavy atom. The molecular formula is C21H29ClN6O3. The molecule has 9 nitrogen and oxygen atoms in total. The van der Waals surface area contributed by atoms with Crippen molar-refractivity contribution >= 4 is 35.0 Å². The molecule has 0 aliphatic carbocycles. The second-order valence-corrected chi connectivity index (χ2v) is 8.92. The molecule has 4 N–H and O–H groups in total. The Morgan fingerprint density at radius 3 is 2.71 bits per heavy atom. The first-order chi connectivity index (χ1) is 14.6. The van der Waals surface area contributed by atoms with Crippen LogP contribution in [0.4, 0.5) is 16.3 Å². The maximum absolute atomic E-state index is 12.8. The first-order valence-electron chi connectivity index (χ1n) is 10.2. The molecule has 3 rings (SSSR count). The number of carbonyl (C=O) groups excluding carboxylic acids is 2. The van der Waals surface area contributed by atoms with Gasteiger partial charge in [-0.2, -0.15) is 5.10 Å². The molecule has 0 spiro atoms. The number of halogens is 1. The van der Waals surface area contributed by atoms with Crippen LogP contribution in [0, 0.1) is 0 Å². The monoisotopic (exact) mass is 448 g/mol. The average Bonchev–Trinajstić information content (AvgIpc) is 3.11. The molecule has 1 aromatic heterocycles. The van der Waals surface area contributed by atoms with Crippen molar-refractivity contribution < 1.29 is 14.3 Å². The number of nitrogens with zero attached hydrogens (tertiary/aromatic N) is 2. The van der Waals surface area contributed by atoms with Crippen LogP contribution in [0.1, 0.15) is 52.5 Å². The third-order valence-electron chi connectivity index (χ3n) is 5.02. The van der Waals surface area contributed by atoms with Crippen LogP contribution in [0.3, 0.4) is 0 Å². The van der Waals surface area contributed by atoms with Crippen molar-refractivity contribution in [3.05, 3.63) is 35.0 Å². The van der Waals surface area contributed by atoms with E-state index in [0.717, 1.165) is 12.1 Å². The van der Waals surface area contributed by atoms with Crippen molar-refractivity contribution in [2.75, 3.05) is 17.7 Å². The molecule has 2 heterocycles. The van der Waals surface area contributed by atoms with Gasteiger partial charge in [-0.05, 0) is 24.6 Å². The van der Waals surface area contributed by atoms with E-state index in [9.17, 15) is 9.59 Å². The predicted molar refractivity (Wildman–Crippen MR) is 121 cm³/mol. The topological polar surface area (TPSA) is 109 Å². The van der Waals surface area contributed by atoms with Gasteiger partial charge in [0.25, 0.3) is 0 Å². The van der Waals surface area contributed by atoms with Crippen molar-refractivity contribution in [1.82, 2.24) is 20.4 Å². The Balaban J connectivity index is 1.88. The summed E-state index contributed by atoms with van der Waals surface area (Å²) in [5.41, 5.74) is 0.958. The van der Waals surface area contributed by atoms with Crippen molar-refractivity contribution in [3.63, 3.8) is 0 Å². The Kier molecular flexibility index (Phi) is 6.76. The first-order valence-corrected chi connectivity index (χ1v) is 10.6. The molecule has 168 valence electrons. The van der Waals surface area contributed by atoms with Gasteiger partial charge in [-0.3, -0.25) is 15.4 Å². The SMILES string of the molecule is CCC1CC(=O)NC(n2nc(C(C)(C)C)cc2NC(=O)Nc2cc(Cl)ccc2OC)N1. The molecule has 0 bridgehead atoms. The molecule has 1 aliphatic rings. The molecule has 2 atom stereocenters.